The van der Waals surface area contributed by atoms with Gasteiger partial charge in [-0.1, -0.05) is 6.92 Å². The van der Waals surface area contributed by atoms with Crippen LogP contribution in [0.4, 0.5) is 11.4 Å². The highest BCUT2D eigenvalue weighted by molar-refractivity contribution is 6.04. The maximum absolute atomic E-state index is 12.6. The molecule has 0 radical (unpaired) electrons. The van der Waals surface area contributed by atoms with E-state index in [-0.39, 0.29) is 5.91 Å². The lowest BCUT2D eigenvalue weighted by Gasteiger charge is -2.28. The Morgan fingerprint density at radius 2 is 1.79 bits per heavy atom. The van der Waals surface area contributed by atoms with Gasteiger partial charge < -0.3 is 24.4 Å². The third-order valence-corrected chi connectivity index (χ3v) is 4.47. The van der Waals surface area contributed by atoms with Crippen molar-refractivity contribution in [2.24, 2.45) is 0 Å². The summed E-state index contributed by atoms with van der Waals surface area (Å²) < 4.78 is 16.7. The molecule has 0 spiro atoms. The number of hydrogen-bond acceptors (Lipinski definition) is 5. The van der Waals surface area contributed by atoms with Crippen LogP contribution in [0.5, 0.6) is 11.5 Å². The summed E-state index contributed by atoms with van der Waals surface area (Å²) in [5, 5.41) is 2.94. The molecule has 1 aliphatic heterocycles. The maximum Gasteiger partial charge on any atom is 0.255 e. The van der Waals surface area contributed by atoms with Crippen molar-refractivity contribution in [3.8, 4) is 11.5 Å². The number of morpholine rings is 1. The van der Waals surface area contributed by atoms with Crippen LogP contribution in [-0.2, 0) is 4.74 Å². The number of ether oxygens (including phenoxy) is 3. The van der Waals surface area contributed by atoms with E-state index in [0.29, 0.717) is 30.3 Å². The number of carbonyl (C=O) groups excluding carboxylic acids is 1. The zero-order chi connectivity index (χ0) is 19.8. The molecular formula is C22H28N2O4. The van der Waals surface area contributed by atoms with Gasteiger partial charge in [-0.3, -0.25) is 4.79 Å². The molecule has 0 aliphatic carbocycles. The molecule has 3 rings (SSSR count). The van der Waals surface area contributed by atoms with E-state index < -0.39 is 0 Å². The lowest BCUT2D eigenvalue weighted by Crippen LogP contribution is -2.36. The molecule has 1 fully saturated rings. The monoisotopic (exact) mass is 384 g/mol. The van der Waals surface area contributed by atoms with Gasteiger partial charge in [-0.05, 0) is 55.8 Å². The quantitative estimate of drug-likeness (QED) is 0.746. The molecule has 150 valence electrons. The third kappa shape index (κ3) is 5.16. The zero-order valence-electron chi connectivity index (χ0n) is 16.6. The number of amides is 1. The van der Waals surface area contributed by atoms with Crippen LogP contribution in [0.25, 0.3) is 0 Å². The number of nitrogens with one attached hydrogen (secondary N) is 1. The Hall–Kier alpha value is -2.73. The van der Waals surface area contributed by atoms with Crippen molar-refractivity contribution in [2.75, 3.05) is 49.7 Å². The van der Waals surface area contributed by atoms with E-state index in [1.165, 1.54) is 0 Å². The van der Waals surface area contributed by atoms with Crippen LogP contribution >= 0.6 is 0 Å². The number of rotatable bonds is 8. The van der Waals surface area contributed by atoms with Crippen molar-refractivity contribution in [3.05, 3.63) is 48.0 Å². The highest BCUT2D eigenvalue weighted by atomic mass is 16.5. The lowest BCUT2D eigenvalue weighted by atomic mass is 10.1. The van der Waals surface area contributed by atoms with Crippen LogP contribution in [0.1, 0.15) is 30.6 Å². The van der Waals surface area contributed by atoms with Crippen LogP contribution in [0, 0.1) is 0 Å². The second kappa shape index (κ2) is 9.99. The highest BCUT2D eigenvalue weighted by Gasteiger charge is 2.13. The fourth-order valence-corrected chi connectivity index (χ4v) is 3.03. The van der Waals surface area contributed by atoms with Gasteiger partial charge in [-0.15, -0.1) is 0 Å². The molecule has 2 aromatic carbocycles. The van der Waals surface area contributed by atoms with Gasteiger partial charge in [0.15, 0.2) is 11.5 Å². The molecule has 0 bridgehead atoms. The van der Waals surface area contributed by atoms with Crippen molar-refractivity contribution >= 4 is 17.3 Å². The van der Waals surface area contributed by atoms with E-state index in [2.05, 4.69) is 10.2 Å². The number of carbonyl (C=O) groups is 1. The first-order valence-electron chi connectivity index (χ1n) is 9.85. The summed E-state index contributed by atoms with van der Waals surface area (Å²) >= 11 is 0. The number of hydrogen-bond donors (Lipinski definition) is 1. The van der Waals surface area contributed by atoms with Gasteiger partial charge in [-0.2, -0.15) is 0 Å². The third-order valence-electron chi connectivity index (χ3n) is 4.47. The van der Waals surface area contributed by atoms with Crippen molar-refractivity contribution in [1.82, 2.24) is 0 Å². The van der Waals surface area contributed by atoms with Gasteiger partial charge in [0.2, 0.25) is 0 Å². The van der Waals surface area contributed by atoms with E-state index in [1.807, 2.05) is 38.1 Å². The minimum Gasteiger partial charge on any atom is -0.490 e. The molecule has 1 saturated heterocycles. The van der Waals surface area contributed by atoms with Crippen LogP contribution in [-0.4, -0.2) is 45.4 Å². The first-order chi connectivity index (χ1) is 13.7. The molecule has 0 aromatic heterocycles. The highest BCUT2D eigenvalue weighted by Crippen LogP contribution is 2.29. The topological polar surface area (TPSA) is 60.0 Å². The van der Waals surface area contributed by atoms with Gasteiger partial charge in [0.1, 0.15) is 0 Å². The fraction of sp³-hybridized carbons (Fsp3) is 0.409. The van der Waals surface area contributed by atoms with Gasteiger partial charge >= 0.3 is 0 Å². The fourth-order valence-electron chi connectivity index (χ4n) is 3.03. The summed E-state index contributed by atoms with van der Waals surface area (Å²) in [5.74, 6) is 1.07. The Labute approximate surface area is 166 Å². The number of nitrogens with zero attached hydrogens (tertiary/aromatic N) is 1. The zero-order valence-corrected chi connectivity index (χ0v) is 16.6. The lowest BCUT2D eigenvalue weighted by molar-refractivity contribution is 0.102. The molecule has 0 saturated carbocycles. The Morgan fingerprint density at radius 3 is 2.46 bits per heavy atom. The summed E-state index contributed by atoms with van der Waals surface area (Å²) in [6.45, 7) is 8.35. The molecule has 28 heavy (non-hydrogen) atoms. The molecular weight excluding hydrogens is 356 g/mol. The van der Waals surface area contributed by atoms with E-state index >= 15 is 0 Å². The van der Waals surface area contributed by atoms with Crippen LogP contribution in [0.3, 0.4) is 0 Å². The Bertz CT molecular complexity index is 771. The Kier molecular flexibility index (Phi) is 7.14. The summed E-state index contributed by atoms with van der Waals surface area (Å²) in [7, 11) is 0. The molecule has 1 heterocycles. The number of benzene rings is 2. The second-order valence-electron chi connectivity index (χ2n) is 6.54. The predicted octanol–water partition coefficient (Wildman–Crippen LogP) is 3.96. The standard InChI is InChI=1S/C22H28N2O4/c1-3-13-28-20-10-5-17(16-21(20)27-4-2)22(25)23-18-6-8-19(9-7-18)24-11-14-26-15-12-24/h5-10,16H,3-4,11-15H2,1-2H3,(H,23,25). The van der Waals surface area contributed by atoms with Crippen LogP contribution in [0.15, 0.2) is 42.5 Å². The second-order valence-corrected chi connectivity index (χ2v) is 6.54. The molecule has 1 amide bonds. The minimum absolute atomic E-state index is 0.179. The van der Waals surface area contributed by atoms with Crippen LogP contribution < -0.4 is 19.7 Å². The SMILES string of the molecule is CCCOc1ccc(C(=O)Nc2ccc(N3CCOCC3)cc2)cc1OCC. The first-order valence-corrected chi connectivity index (χ1v) is 9.85. The van der Waals surface area contributed by atoms with E-state index in [9.17, 15) is 4.79 Å². The van der Waals surface area contributed by atoms with Gasteiger partial charge in [-0.25, -0.2) is 0 Å². The summed E-state index contributed by atoms with van der Waals surface area (Å²) in [6, 6.07) is 13.2. The summed E-state index contributed by atoms with van der Waals surface area (Å²) in [5.41, 5.74) is 2.42. The molecule has 2 aromatic rings. The normalized spacial score (nSPS) is 13.9. The van der Waals surface area contributed by atoms with Gasteiger partial charge in [0, 0.05) is 30.0 Å². The average molecular weight is 384 g/mol. The van der Waals surface area contributed by atoms with E-state index in [1.54, 1.807) is 18.2 Å². The molecule has 6 heteroatoms. The van der Waals surface area contributed by atoms with Crippen molar-refractivity contribution in [1.29, 1.82) is 0 Å². The Balaban J connectivity index is 1.67. The van der Waals surface area contributed by atoms with Crippen molar-refractivity contribution in [2.45, 2.75) is 20.3 Å². The molecule has 1 aliphatic rings. The summed E-state index contributed by atoms with van der Waals surface area (Å²) in [4.78, 5) is 14.9. The van der Waals surface area contributed by atoms with E-state index in [4.69, 9.17) is 14.2 Å². The van der Waals surface area contributed by atoms with Crippen molar-refractivity contribution in [3.63, 3.8) is 0 Å². The van der Waals surface area contributed by atoms with Gasteiger partial charge in [0.05, 0.1) is 26.4 Å². The summed E-state index contributed by atoms with van der Waals surface area (Å²) in [6.07, 6.45) is 0.911. The number of anilines is 2. The van der Waals surface area contributed by atoms with E-state index in [0.717, 1.165) is 44.1 Å². The molecule has 1 N–H and O–H groups in total. The molecule has 0 unspecified atom stereocenters. The predicted molar refractivity (Wildman–Crippen MR) is 111 cm³/mol. The van der Waals surface area contributed by atoms with Crippen LogP contribution in [0.2, 0.25) is 0 Å². The average Bonchev–Trinajstić information content (AvgIpc) is 2.74. The maximum atomic E-state index is 12.6. The molecule has 6 nitrogen and oxygen atoms in total. The minimum atomic E-state index is -0.179. The molecule has 0 atom stereocenters. The smallest absolute Gasteiger partial charge is 0.255 e. The van der Waals surface area contributed by atoms with Crippen molar-refractivity contribution < 1.29 is 19.0 Å². The Morgan fingerprint density at radius 1 is 1.04 bits per heavy atom. The first kappa shape index (κ1) is 20.0. The van der Waals surface area contributed by atoms with Gasteiger partial charge in [0.25, 0.3) is 5.91 Å². The largest absolute Gasteiger partial charge is 0.490 e.